The number of ether oxygens (including phenoxy) is 1. The number of carbonyl (C=O) groups is 1. The molecule has 0 saturated carbocycles. The van der Waals surface area contributed by atoms with Gasteiger partial charge in [-0.3, -0.25) is 4.98 Å². The van der Waals surface area contributed by atoms with Gasteiger partial charge in [-0.05, 0) is 12.1 Å². The minimum absolute atomic E-state index is 0.0693. The van der Waals surface area contributed by atoms with E-state index in [-0.39, 0.29) is 5.75 Å². The SMILES string of the molecule is COC(=O)c1ccc(CC[SH](=O)=O)nc1. The maximum Gasteiger partial charge on any atom is 0.339 e. The van der Waals surface area contributed by atoms with Gasteiger partial charge in [0.1, 0.15) is 10.7 Å². The van der Waals surface area contributed by atoms with Crippen LogP contribution in [0.4, 0.5) is 0 Å². The molecule has 0 bridgehead atoms. The van der Waals surface area contributed by atoms with Crippen LogP contribution in [0.15, 0.2) is 18.3 Å². The first-order chi connectivity index (χ1) is 7.13. The summed E-state index contributed by atoms with van der Waals surface area (Å²) in [5, 5.41) is 0. The third kappa shape index (κ3) is 3.67. The van der Waals surface area contributed by atoms with E-state index in [4.69, 9.17) is 0 Å². The minimum atomic E-state index is -2.38. The first-order valence-electron chi connectivity index (χ1n) is 4.28. The van der Waals surface area contributed by atoms with Crippen LogP contribution >= 0.6 is 0 Å². The zero-order chi connectivity index (χ0) is 11.3. The first kappa shape index (κ1) is 11.6. The maximum atomic E-state index is 11.0. The molecule has 15 heavy (non-hydrogen) atoms. The molecule has 0 aliphatic carbocycles. The molecule has 0 atom stereocenters. The van der Waals surface area contributed by atoms with Crippen molar-refractivity contribution >= 4 is 16.7 Å². The fourth-order valence-electron chi connectivity index (χ4n) is 1.02. The van der Waals surface area contributed by atoms with Gasteiger partial charge in [0, 0.05) is 18.3 Å². The lowest BCUT2D eigenvalue weighted by Gasteiger charge is -2.00. The molecule has 0 saturated heterocycles. The molecule has 0 N–H and O–H groups in total. The van der Waals surface area contributed by atoms with Crippen molar-refractivity contribution in [3.63, 3.8) is 0 Å². The summed E-state index contributed by atoms with van der Waals surface area (Å²) in [6.45, 7) is 0. The predicted molar refractivity (Wildman–Crippen MR) is 54.5 cm³/mol. The quantitative estimate of drug-likeness (QED) is 0.582. The molecule has 1 rings (SSSR count). The van der Waals surface area contributed by atoms with Crippen LogP contribution in [0.5, 0.6) is 0 Å². The molecule has 0 fully saturated rings. The number of rotatable bonds is 4. The van der Waals surface area contributed by atoms with Crippen molar-refractivity contribution in [2.24, 2.45) is 0 Å². The lowest BCUT2D eigenvalue weighted by Crippen LogP contribution is -2.03. The molecule has 1 aromatic heterocycles. The van der Waals surface area contributed by atoms with Gasteiger partial charge in [0.25, 0.3) is 0 Å². The second-order valence-corrected chi connectivity index (χ2v) is 3.95. The van der Waals surface area contributed by atoms with Crippen molar-refractivity contribution in [1.82, 2.24) is 4.98 Å². The lowest BCUT2D eigenvalue weighted by atomic mass is 10.2. The third-order valence-electron chi connectivity index (χ3n) is 1.80. The summed E-state index contributed by atoms with van der Waals surface area (Å²) >= 11 is 0. The highest BCUT2D eigenvalue weighted by atomic mass is 32.2. The summed E-state index contributed by atoms with van der Waals surface area (Å²) in [5.74, 6) is -0.385. The normalized spacial score (nSPS) is 10.3. The van der Waals surface area contributed by atoms with Crippen LogP contribution in [0.2, 0.25) is 0 Å². The van der Waals surface area contributed by atoms with Crippen molar-refractivity contribution in [3.05, 3.63) is 29.6 Å². The molecule has 5 nitrogen and oxygen atoms in total. The highest BCUT2D eigenvalue weighted by Gasteiger charge is 2.05. The van der Waals surface area contributed by atoms with Crippen LogP contribution in [0, 0.1) is 0 Å². The highest BCUT2D eigenvalue weighted by molar-refractivity contribution is 7.72. The van der Waals surface area contributed by atoms with Gasteiger partial charge in [0.15, 0.2) is 0 Å². The Bertz CT molecular complexity index is 403. The summed E-state index contributed by atoms with van der Waals surface area (Å²) in [7, 11) is -1.09. The van der Waals surface area contributed by atoms with E-state index in [0.29, 0.717) is 17.7 Å². The smallest absolute Gasteiger partial charge is 0.339 e. The van der Waals surface area contributed by atoms with Crippen molar-refractivity contribution in [1.29, 1.82) is 0 Å². The van der Waals surface area contributed by atoms with Crippen molar-refractivity contribution in [3.8, 4) is 0 Å². The van der Waals surface area contributed by atoms with Gasteiger partial charge in [-0.2, -0.15) is 0 Å². The Morgan fingerprint density at radius 1 is 1.47 bits per heavy atom. The Morgan fingerprint density at radius 2 is 2.20 bits per heavy atom. The second kappa shape index (κ2) is 5.45. The molecule has 1 heterocycles. The highest BCUT2D eigenvalue weighted by Crippen LogP contribution is 2.02. The molecular weight excluding hydrogens is 218 g/mol. The van der Waals surface area contributed by atoms with E-state index in [1.807, 2.05) is 0 Å². The molecule has 6 heteroatoms. The molecule has 1 aromatic rings. The maximum absolute atomic E-state index is 11.0. The van der Waals surface area contributed by atoms with Gasteiger partial charge in [-0.25, -0.2) is 13.2 Å². The van der Waals surface area contributed by atoms with Crippen molar-refractivity contribution < 1.29 is 17.9 Å². The number of hydrogen-bond donors (Lipinski definition) is 1. The number of pyridine rings is 1. The van der Waals surface area contributed by atoms with Gasteiger partial charge >= 0.3 is 5.97 Å². The summed E-state index contributed by atoms with van der Waals surface area (Å²) in [6.07, 6.45) is 1.74. The van der Waals surface area contributed by atoms with Crippen molar-refractivity contribution in [2.75, 3.05) is 12.9 Å². The Hall–Kier alpha value is -1.43. The molecule has 0 aliphatic rings. The Morgan fingerprint density at radius 3 is 2.67 bits per heavy atom. The average Bonchev–Trinajstić information content (AvgIpc) is 2.26. The Balaban J connectivity index is 2.68. The summed E-state index contributed by atoms with van der Waals surface area (Å²) in [4.78, 5) is 15.0. The summed E-state index contributed by atoms with van der Waals surface area (Å²) < 4.78 is 25.2. The predicted octanol–water partition coefficient (Wildman–Crippen LogP) is 0.0221. The number of aromatic nitrogens is 1. The van der Waals surface area contributed by atoms with Crippen molar-refractivity contribution in [2.45, 2.75) is 6.42 Å². The van der Waals surface area contributed by atoms with E-state index < -0.39 is 16.7 Å². The van der Waals surface area contributed by atoms with E-state index in [9.17, 15) is 13.2 Å². The van der Waals surface area contributed by atoms with Gasteiger partial charge in [-0.15, -0.1) is 0 Å². The van der Waals surface area contributed by atoms with E-state index in [2.05, 4.69) is 9.72 Å². The number of nitrogens with zero attached hydrogens (tertiary/aromatic N) is 1. The zero-order valence-corrected chi connectivity index (χ0v) is 9.07. The number of aryl methyl sites for hydroxylation is 1. The Labute approximate surface area is 89.0 Å². The lowest BCUT2D eigenvalue weighted by molar-refractivity contribution is 0.0600. The topological polar surface area (TPSA) is 73.3 Å². The largest absolute Gasteiger partial charge is 0.465 e. The molecule has 0 amide bonds. The van der Waals surface area contributed by atoms with E-state index in [1.165, 1.54) is 13.3 Å². The van der Waals surface area contributed by atoms with Crippen LogP contribution in [0.1, 0.15) is 16.1 Å². The molecule has 82 valence electrons. The number of carbonyl (C=O) groups excluding carboxylic acids is 1. The molecule has 0 spiro atoms. The van der Waals surface area contributed by atoms with Crippen LogP contribution in [0.25, 0.3) is 0 Å². The summed E-state index contributed by atoms with van der Waals surface area (Å²) in [6, 6.07) is 3.18. The number of hydrogen-bond acceptors (Lipinski definition) is 5. The first-order valence-corrected chi connectivity index (χ1v) is 5.65. The molecular formula is C9H11NO4S. The van der Waals surface area contributed by atoms with Gasteiger partial charge in [0.2, 0.25) is 0 Å². The van der Waals surface area contributed by atoms with Crippen LogP contribution < -0.4 is 0 Å². The van der Waals surface area contributed by atoms with Crippen LogP contribution in [0.3, 0.4) is 0 Å². The Kier molecular flexibility index (Phi) is 4.23. The van der Waals surface area contributed by atoms with E-state index in [1.54, 1.807) is 12.1 Å². The second-order valence-electron chi connectivity index (χ2n) is 2.84. The van der Waals surface area contributed by atoms with Gasteiger partial charge in [0.05, 0.1) is 18.4 Å². The average molecular weight is 229 g/mol. The van der Waals surface area contributed by atoms with E-state index >= 15 is 0 Å². The molecule has 0 aromatic carbocycles. The van der Waals surface area contributed by atoms with E-state index in [0.717, 1.165) is 0 Å². The van der Waals surface area contributed by atoms with Gasteiger partial charge in [-0.1, -0.05) is 0 Å². The number of esters is 1. The molecule has 0 radical (unpaired) electrons. The summed E-state index contributed by atoms with van der Waals surface area (Å²) in [5.41, 5.74) is 0.995. The number of methoxy groups -OCH3 is 1. The zero-order valence-electron chi connectivity index (χ0n) is 8.17. The fourth-order valence-corrected chi connectivity index (χ4v) is 1.43. The number of thiol groups is 1. The standard InChI is InChI=1S/C9H11NO4S/c1-14-9(11)7-2-3-8(10-6-7)4-5-15(12)13/h2-3,6,15H,4-5H2,1H3. The van der Waals surface area contributed by atoms with Crippen LogP contribution in [-0.2, 0) is 21.9 Å². The van der Waals surface area contributed by atoms with Gasteiger partial charge < -0.3 is 4.74 Å². The molecule has 0 unspecified atom stereocenters. The van der Waals surface area contributed by atoms with Crippen LogP contribution in [-0.4, -0.2) is 32.2 Å². The molecule has 0 aliphatic heterocycles. The minimum Gasteiger partial charge on any atom is -0.465 e. The fraction of sp³-hybridized carbons (Fsp3) is 0.333. The monoisotopic (exact) mass is 229 g/mol. The third-order valence-corrected chi connectivity index (χ3v) is 2.39.